The van der Waals surface area contributed by atoms with E-state index in [0.717, 1.165) is 37.4 Å². The topological polar surface area (TPSA) is 68.9 Å². The largest absolute Gasteiger partial charge is 0.396 e. The van der Waals surface area contributed by atoms with E-state index in [1.54, 1.807) is 35.5 Å². The minimum Gasteiger partial charge on any atom is -0.396 e. The van der Waals surface area contributed by atoms with Crippen LogP contribution in [0.25, 0.3) is 22.4 Å². The molecule has 1 fully saturated rings. The van der Waals surface area contributed by atoms with Gasteiger partial charge in [-0.3, -0.25) is 14.6 Å². The fourth-order valence-corrected chi connectivity index (χ4v) is 5.01. The fraction of sp³-hybridized carbons (Fsp3) is 0.333. The first kappa shape index (κ1) is 28.4. The first-order chi connectivity index (χ1) is 18.5. The lowest BCUT2D eigenvalue weighted by Gasteiger charge is -2.43. The number of halogens is 2. The molecule has 1 saturated heterocycles. The molecular formula is C30H36ClFN6O. The zero-order valence-electron chi connectivity index (χ0n) is 23.2. The minimum absolute atomic E-state index is 0.142. The molecule has 3 aromatic rings. The first-order valence-corrected chi connectivity index (χ1v) is 13.3. The highest BCUT2D eigenvalue weighted by atomic mass is 35.5. The van der Waals surface area contributed by atoms with Crippen LogP contribution in [-0.4, -0.2) is 67.0 Å². The van der Waals surface area contributed by atoms with Crippen LogP contribution in [0.15, 0.2) is 60.9 Å². The van der Waals surface area contributed by atoms with Gasteiger partial charge in [0.05, 0.1) is 22.1 Å². The van der Waals surface area contributed by atoms with Crippen molar-refractivity contribution >= 4 is 35.1 Å². The summed E-state index contributed by atoms with van der Waals surface area (Å²) in [6, 6.07) is 14.5. The van der Waals surface area contributed by atoms with Gasteiger partial charge in [0, 0.05) is 81.1 Å². The van der Waals surface area contributed by atoms with Crippen molar-refractivity contribution in [3.05, 3.63) is 71.9 Å². The van der Waals surface area contributed by atoms with Crippen molar-refractivity contribution in [2.24, 2.45) is 0 Å². The summed E-state index contributed by atoms with van der Waals surface area (Å²) in [6.07, 6.45) is 4.01. The Labute approximate surface area is 235 Å². The maximum Gasteiger partial charge on any atom is 0.218 e. The fourth-order valence-electron chi connectivity index (χ4n) is 4.73. The van der Waals surface area contributed by atoms with Crippen LogP contribution in [-0.2, 0) is 4.79 Å². The summed E-state index contributed by atoms with van der Waals surface area (Å²) in [7, 11) is 3.70. The monoisotopic (exact) mass is 550 g/mol. The molecule has 2 N–H and O–H groups in total. The van der Waals surface area contributed by atoms with Gasteiger partial charge in [0.15, 0.2) is 0 Å². The van der Waals surface area contributed by atoms with Crippen LogP contribution in [0, 0.1) is 5.95 Å². The Kier molecular flexibility index (Phi) is 8.47. The van der Waals surface area contributed by atoms with E-state index in [2.05, 4.69) is 47.7 Å². The number of pyridine rings is 1. The lowest BCUT2D eigenvalue weighted by molar-refractivity contribution is -0.106. The van der Waals surface area contributed by atoms with Crippen LogP contribution in [0.2, 0.25) is 5.02 Å². The number of aromatic nitrogens is 1. The van der Waals surface area contributed by atoms with E-state index in [4.69, 9.17) is 17.3 Å². The minimum atomic E-state index is -0.637. The third kappa shape index (κ3) is 6.52. The maximum atomic E-state index is 14.8. The molecule has 0 atom stereocenters. The SMILES string of the molecule is CN(C)/C=C\N(C=O)c1ccc(-c2nc(F)cc(-c3cccc(N4CCN(C(C)(C)C)CC4)c3)c2N)cc1Cl. The number of piperazine rings is 1. The van der Waals surface area contributed by atoms with Gasteiger partial charge in [-0.2, -0.15) is 4.39 Å². The summed E-state index contributed by atoms with van der Waals surface area (Å²) in [5.41, 5.74) is 10.9. The van der Waals surface area contributed by atoms with E-state index in [9.17, 15) is 9.18 Å². The molecule has 0 radical (unpaired) electrons. The number of amides is 1. The second-order valence-electron chi connectivity index (χ2n) is 10.9. The van der Waals surface area contributed by atoms with Crippen LogP contribution < -0.4 is 15.5 Å². The van der Waals surface area contributed by atoms with Crippen molar-refractivity contribution in [1.82, 2.24) is 14.8 Å². The molecule has 0 spiro atoms. The number of benzene rings is 2. The van der Waals surface area contributed by atoms with E-state index in [-0.39, 0.29) is 5.54 Å². The molecule has 0 aliphatic carbocycles. The Hall–Kier alpha value is -3.62. The molecular weight excluding hydrogens is 515 g/mol. The molecule has 0 bridgehead atoms. The van der Waals surface area contributed by atoms with Crippen LogP contribution in [0.4, 0.5) is 21.5 Å². The number of nitrogen functional groups attached to an aromatic ring is 1. The second-order valence-corrected chi connectivity index (χ2v) is 11.3. The first-order valence-electron chi connectivity index (χ1n) is 12.9. The van der Waals surface area contributed by atoms with Crippen molar-refractivity contribution in [2.75, 3.05) is 55.8 Å². The number of rotatable bonds is 7. The molecule has 39 heavy (non-hydrogen) atoms. The zero-order chi connectivity index (χ0) is 28.3. The van der Waals surface area contributed by atoms with Gasteiger partial charge in [-0.15, -0.1) is 0 Å². The predicted molar refractivity (Wildman–Crippen MR) is 159 cm³/mol. The number of carbonyl (C=O) groups excluding carboxylic acids is 1. The number of hydrogen-bond acceptors (Lipinski definition) is 6. The number of anilines is 3. The number of hydrogen-bond donors (Lipinski definition) is 1. The number of carbonyl (C=O) groups is 1. The highest BCUT2D eigenvalue weighted by molar-refractivity contribution is 6.34. The molecule has 1 aromatic heterocycles. The molecule has 1 aliphatic rings. The molecule has 0 unspecified atom stereocenters. The summed E-state index contributed by atoms with van der Waals surface area (Å²) in [4.78, 5) is 23.7. The predicted octanol–water partition coefficient (Wildman–Crippen LogP) is 5.71. The molecule has 1 aliphatic heterocycles. The van der Waals surface area contributed by atoms with Crippen molar-refractivity contribution in [2.45, 2.75) is 26.3 Å². The van der Waals surface area contributed by atoms with Crippen LogP contribution in [0.3, 0.4) is 0 Å². The van der Waals surface area contributed by atoms with Gasteiger partial charge < -0.3 is 15.5 Å². The average Bonchev–Trinajstić information content (AvgIpc) is 2.90. The lowest BCUT2D eigenvalue weighted by Crippen LogP contribution is -2.53. The van der Waals surface area contributed by atoms with Crippen LogP contribution >= 0.6 is 11.6 Å². The van der Waals surface area contributed by atoms with Crippen LogP contribution in [0.5, 0.6) is 0 Å². The van der Waals surface area contributed by atoms with Gasteiger partial charge in [0.25, 0.3) is 0 Å². The van der Waals surface area contributed by atoms with E-state index < -0.39 is 5.95 Å². The summed E-state index contributed by atoms with van der Waals surface area (Å²) in [6.45, 7) is 10.5. The Morgan fingerprint density at radius 1 is 1.00 bits per heavy atom. The summed E-state index contributed by atoms with van der Waals surface area (Å²) >= 11 is 6.54. The molecule has 7 nitrogen and oxygen atoms in total. The lowest BCUT2D eigenvalue weighted by atomic mass is 9.99. The van der Waals surface area contributed by atoms with Gasteiger partial charge in [-0.05, 0) is 50.6 Å². The highest BCUT2D eigenvalue weighted by Gasteiger charge is 2.26. The quantitative estimate of drug-likeness (QED) is 0.300. The Morgan fingerprint density at radius 3 is 2.33 bits per heavy atom. The molecule has 9 heteroatoms. The number of nitrogens with two attached hydrogens (primary N) is 1. The van der Waals surface area contributed by atoms with Gasteiger partial charge >= 0.3 is 0 Å². The third-order valence-corrected chi connectivity index (χ3v) is 7.22. The van der Waals surface area contributed by atoms with Crippen molar-refractivity contribution < 1.29 is 9.18 Å². The Bertz CT molecular complexity index is 1360. The molecule has 1 amide bonds. The second kappa shape index (κ2) is 11.6. The summed E-state index contributed by atoms with van der Waals surface area (Å²) in [5, 5.41) is 0.311. The summed E-state index contributed by atoms with van der Waals surface area (Å²) in [5.74, 6) is -0.637. The van der Waals surface area contributed by atoms with Gasteiger partial charge in [-0.1, -0.05) is 29.8 Å². The summed E-state index contributed by atoms with van der Waals surface area (Å²) < 4.78 is 14.8. The standard InChI is InChI=1S/C30H36ClFN6O/c1-30(2,3)38-15-13-36(14-16-38)23-8-6-7-21(17-23)24-19-27(32)34-29(28(24)33)22-9-10-26(25(31)18-22)37(20-39)12-11-35(4)5/h6-12,17-20H,13-16,33H2,1-5H3/b12-11-. The molecule has 2 heterocycles. The van der Waals surface area contributed by atoms with E-state index in [1.165, 1.54) is 11.0 Å². The molecule has 206 valence electrons. The Morgan fingerprint density at radius 2 is 1.72 bits per heavy atom. The molecule has 4 rings (SSSR count). The zero-order valence-corrected chi connectivity index (χ0v) is 23.9. The van der Waals surface area contributed by atoms with E-state index >= 15 is 0 Å². The van der Waals surface area contributed by atoms with Crippen LogP contribution in [0.1, 0.15) is 20.8 Å². The van der Waals surface area contributed by atoms with Crippen molar-refractivity contribution in [1.29, 1.82) is 0 Å². The Balaban J connectivity index is 1.64. The normalized spacial score (nSPS) is 14.6. The number of nitrogens with zero attached hydrogens (tertiary/aromatic N) is 5. The third-order valence-electron chi connectivity index (χ3n) is 6.92. The maximum absolute atomic E-state index is 14.8. The molecule has 2 aromatic carbocycles. The van der Waals surface area contributed by atoms with E-state index in [1.807, 2.05) is 26.2 Å². The van der Waals surface area contributed by atoms with Gasteiger partial charge in [-0.25, -0.2) is 4.98 Å². The molecule has 0 saturated carbocycles. The van der Waals surface area contributed by atoms with E-state index in [0.29, 0.717) is 39.6 Å². The highest BCUT2D eigenvalue weighted by Crippen LogP contribution is 2.38. The average molecular weight is 551 g/mol. The van der Waals surface area contributed by atoms with Crippen molar-refractivity contribution in [3.63, 3.8) is 0 Å². The van der Waals surface area contributed by atoms with Gasteiger partial charge in [0.2, 0.25) is 12.4 Å². The smallest absolute Gasteiger partial charge is 0.218 e. The van der Waals surface area contributed by atoms with Gasteiger partial charge in [0.1, 0.15) is 0 Å². The van der Waals surface area contributed by atoms with Crippen molar-refractivity contribution in [3.8, 4) is 22.4 Å².